The molecule has 0 N–H and O–H groups in total. The second-order valence-corrected chi connectivity index (χ2v) is 5.33. The molecule has 0 nitrogen and oxygen atoms in total. The molecule has 0 amide bonds. The third-order valence-electron chi connectivity index (χ3n) is 3.24. The molecule has 0 bridgehead atoms. The highest BCUT2D eigenvalue weighted by Gasteiger charge is 2.95. The summed E-state index contributed by atoms with van der Waals surface area (Å²) in [6.45, 7) is 0. The molecule has 21 heteroatoms. The van der Waals surface area contributed by atoms with E-state index in [0.29, 0.717) is 0 Å². The van der Waals surface area contributed by atoms with E-state index in [1.807, 2.05) is 0 Å². The number of rotatable bonds is 7. The topological polar surface area (TPSA) is 0 Å². The average Bonchev–Trinajstić information content (AvgIpc) is 2.50. The normalized spacial score (nSPS) is 16.8. The fraction of sp³-hybridized carbons (Fsp3) is 0.900. The monoisotopic (exact) mass is 519 g/mol. The van der Waals surface area contributed by atoms with E-state index < -0.39 is 60.0 Å². The van der Waals surface area contributed by atoms with Crippen molar-refractivity contribution in [1.29, 1.82) is 0 Å². The van der Waals surface area contributed by atoms with Crippen LogP contribution in [-0.4, -0.2) is 53.8 Å². The average molecular weight is 519 g/mol. The quantitative estimate of drug-likeness (QED) is 0.316. The fourth-order valence-corrected chi connectivity index (χ4v) is 1.43. The summed E-state index contributed by atoms with van der Waals surface area (Å²) in [5.74, 6) is -60.3. The largest absolute Gasteiger partial charge is 0.460 e. The summed E-state index contributed by atoms with van der Waals surface area (Å²) in [7, 11) is 0. The molecule has 0 saturated carbocycles. The van der Waals surface area contributed by atoms with Gasteiger partial charge in [-0.3, -0.25) is 0 Å². The summed E-state index contributed by atoms with van der Waals surface area (Å²) < 4.78 is 263. The summed E-state index contributed by atoms with van der Waals surface area (Å²) in [5, 5.41) is 0. The van der Waals surface area contributed by atoms with Crippen molar-refractivity contribution in [3.05, 3.63) is 6.17 Å². The van der Waals surface area contributed by atoms with Gasteiger partial charge in [0.05, 0.1) is 0 Å². The smallest absolute Gasteiger partial charge is 0.226 e. The third-order valence-corrected chi connectivity index (χ3v) is 3.24. The molecule has 0 aromatic carbocycles. The molecule has 0 unspecified atom stereocenters. The molecule has 0 aromatic rings. The molecule has 0 aliphatic heterocycles. The molecule has 0 aromatic heterocycles. The van der Waals surface area contributed by atoms with Gasteiger partial charge in [-0.25, -0.2) is 4.39 Å². The molecule has 0 saturated heterocycles. The van der Waals surface area contributed by atoms with E-state index in [4.69, 9.17) is 0 Å². The van der Waals surface area contributed by atoms with Gasteiger partial charge in [-0.1, -0.05) is 0 Å². The number of hydrogen-bond acceptors (Lipinski definition) is 0. The fourth-order valence-electron chi connectivity index (χ4n) is 1.43. The minimum atomic E-state index is -9.00. The minimum Gasteiger partial charge on any atom is -0.226 e. The van der Waals surface area contributed by atoms with Crippen LogP contribution in [0.25, 0.3) is 0 Å². The molecule has 0 aliphatic rings. The Hall–Kier alpha value is -1.47. The van der Waals surface area contributed by atoms with E-state index in [1.54, 1.807) is 0 Å². The molecule has 31 heavy (non-hydrogen) atoms. The maximum absolute atomic E-state index is 13.1. The summed E-state index contributed by atoms with van der Waals surface area (Å²) in [5.41, 5.74) is 0. The van der Waals surface area contributed by atoms with Gasteiger partial charge in [0.15, 0.2) is 0 Å². The zero-order valence-electron chi connectivity index (χ0n) is 12.9. The first-order chi connectivity index (χ1) is 12.9. The lowest BCUT2D eigenvalue weighted by molar-refractivity contribution is -0.454. The van der Waals surface area contributed by atoms with Gasteiger partial charge in [-0.2, -0.15) is 87.8 Å². The molecular weight excluding hydrogens is 519 g/mol. The van der Waals surface area contributed by atoms with Crippen molar-refractivity contribution in [2.75, 3.05) is 0 Å². The van der Waals surface area contributed by atoms with Gasteiger partial charge < -0.3 is 0 Å². The summed E-state index contributed by atoms with van der Waals surface area (Å²) in [6, 6.07) is 0. The Bertz CT molecular complexity index is 646. The van der Waals surface area contributed by atoms with Crippen LogP contribution in [0.4, 0.5) is 92.2 Å². The van der Waals surface area contributed by atoms with Gasteiger partial charge in [0.25, 0.3) is 6.17 Å². The highest BCUT2D eigenvalue weighted by Crippen LogP contribution is 2.65. The van der Waals surface area contributed by atoms with Crippen molar-refractivity contribution in [3.8, 4) is 0 Å². The zero-order chi connectivity index (χ0) is 26.1. The molecule has 1 radical (unpaired) electrons. The highest BCUT2D eigenvalue weighted by molar-refractivity contribution is 5.20. The van der Waals surface area contributed by atoms with E-state index in [2.05, 4.69) is 0 Å². The molecule has 0 fully saturated rings. The molecule has 187 valence electrons. The van der Waals surface area contributed by atoms with E-state index in [9.17, 15) is 92.2 Å². The van der Waals surface area contributed by atoms with Gasteiger partial charge in [0.2, 0.25) is 0 Å². The molecule has 0 atom stereocenters. The highest BCUT2D eigenvalue weighted by atomic mass is 19.4. The van der Waals surface area contributed by atoms with Crippen molar-refractivity contribution in [2.45, 2.75) is 53.8 Å². The van der Waals surface area contributed by atoms with Crippen LogP contribution in [-0.2, 0) is 0 Å². The Kier molecular flexibility index (Phi) is 6.68. The summed E-state index contributed by atoms with van der Waals surface area (Å²) in [4.78, 5) is 0. The first kappa shape index (κ1) is 29.5. The van der Waals surface area contributed by atoms with Crippen LogP contribution in [0.5, 0.6) is 0 Å². The van der Waals surface area contributed by atoms with Crippen molar-refractivity contribution in [3.63, 3.8) is 0 Å². The first-order valence-corrected chi connectivity index (χ1v) is 6.22. The summed E-state index contributed by atoms with van der Waals surface area (Å²) >= 11 is 0. The Labute approximate surface area is 153 Å². The van der Waals surface area contributed by atoms with Gasteiger partial charge in [0.1, 0.15) is 0 Å². The van der Waals surface area contributed by atoms with E-state index in [0.717, 1.165) is 0 Å². The lowest BCUT2D eigenvalue weighted by atomic mass is 9.88. The second kappa shape index (κ2) is 7.01. The SMILES string of the molecule is F[C](C(F)(F)C(F)(F)F)C(F)(F)C(F)(F)C(F)(F)C(F)(F)C(F)(F)C(F)(F)C(F)(F)F. The maximum atomic E-state index is 13.1. The van der Waals surface area contributed by atoms with Crippen LogP contribution in [0.3, 0.4) is 0 Å². The van der Waals surface area contributed by atoms with Gasteiger partial charge >= 0.3 is 53.8 Å². The van der Waals surface area contributed by atoms with Crippen molar-refractivity contribution >= 4 is 0 Å². The molecule has 0 spiro atoms. The molecule has 0 heterocycles. The predicted molar refractivity (Wildman–Crippen MR) is 51.1 cm³/mol. The van der Waals surface area contributed by atoms with Gasteiger partial charge in [-0.05, 0) is 0 Å². The van der Waals surface area contributed by atoms with E-state index in [1.165, 1.54) is 0 Å². The maximum Gasteiger partial charge on any atom is 0.460 e. The Morgan fingerprint density at radius 3 is 0.806 bits per heavy atom. The second-order valence-electron chi connectivity index (χ2n) is 5.33. The number of hydrogen-bond donors (Lipinski definition) is 0. The third kappa shape index (κ3) is 3.71. The summed E-state index contributed by atoms with van der Waals surface area (Å²) in [6.07, 6.45) is -21.5. The Balaban J connectivity index is 6.77. The Morgan fingerprint density at radius 1 is 0.290 bits per heavy atom. The van der Waals surface area contributed by atoms with Crippen molar-refractivity contribution in [2.24, 2.45) is 0 Å². The molecule has 0 rings (SSSR count). The van der Waals surface area contributed by atoms with Crippen LogP contribution >= 0.6 is 0 Å². The minimum absolute atomic E-state index is 5.89. The van der Waals surface area contributed by atoms with Crippen molar-refractivity contribution < 1.29 is 92.2 Å². The van der Waals surface area contributed by atoms with Crippen LogP contribution < -0.4 is 0 Å². The lowest BCUT2D eigenvalue weighted by Crippen LogP contribution is -2.73. The van der Waals surface area contributed by atoms with E-state index >= 15 is 0 Å². The molecule has 0 aliphatic carbocycles. The predicted octanol–water partition coefficient (Wildman–Crippen LogP) is 7.06. The van der Waals surface area contributed by atoms with Crippen molar-refractivity contribution in [1.82, 2.24) is 0 Å². The van der Waals surface area contributed by atoms with Crippen LogP contribution in [0, 0.1) is 6.17 Å². The number of alkyl halides is 20. The zero-order valence-corrected chi connectivity index (χ0v) is 12.9. The lowest BCUT2D eigenvalue weighted by Gasteiger charge is -2.42. The van der Waals surface area contributed by atoms with Crippen LogP contribution in [0.1, 0.15) is 0 Å². The van der Waals surface area contributed by atoms with Crippen LogP contribution in [0.2, 0.25) is 0 Å². The van der Waals surface area contributed by atoms with E-state index in [-0.39, 0.29) is 0 Å². The van der Waals surface area contributed by atoms with Crippen LogP contribution in [0.15, 0.2) is 0 Å². The van der Waals surface area contributed by atoms with Gasteiger partial charge in [0, 0.05) is 0 Å². The first-order valence-electron chi connectivity index (χ1n) is 6.22. The molecular formula is C10F21. The standard InChI is InChI=1S/C10F21/c11-1(3(14,15)9(26,27)28)2(12,13)4(16,17)5(18,19)6(20,21)7(22,23)8(24,25)10(29,30)31. The number of halogens is 21. The Morgan fingerprint density at radius 2 is 0.548 bits per heavy atom. The van der Waals surface area contributed by atoms with Gasteiger partial charge in [-0.15, -0.1) is 0 Å².